The number of nitrogens with zero attached hydrogens (tertiary/aromatic N) is 3. The predicted molar refractivity (Wildman–Crippen MR) is 114 cm³/mol. The summed E-state index contributed by atoms with van der Waals surface area (Å²) < 4.78 is 6.82. The lowest BCUT2D eigenvalue weighted by molar-refractivity contribution is -0.131. The molecule has 0 unspecified atom stereocenters. The van der Waals surface area contributed by atoms with E-state index in [1.54, 1.807) is 11.7 Å². The fraction of sp³-hybridized carbons (Fsp3) is 0.348. The highest BCUT2D eigenvalue weighted by Gasteiger charge is 2.28. The van der Waals surface area contributed by atoms with Crippen molar-refractivity contribution in [2.75, 3.05) is 20.2 Å². The number of H-pyrrole nitrogens is 1. The summed E-state index contributed by atoms with van der Waals surface area (Å²) >= 11 is 0. The molecule has 1 fully saturated rings. The van der Waals surface area contributed by atoms with Gasteiger partial charge in [0.2, 0.25) is 5.91 Å². The first-order chi connectivity index (χ1) is 14.5. The maximum absolute atomic E-state index is 12.7. The van der Waals surface area contributed by atoms with E-state index < -0.39 is 0 Å². The molecular weight excluding hydrogens is 380 g/mol. The third-order valence-electron chi connectivity index (χ3n) is 5.72. The molecule has 3 aromatic rings. The van der Waals surface area contributed by atoms with E-state index in [1.165, 1.54) is 0 Å². The van der Waals surface area contributed by atoms with Crippen molar-refractivity contribution in [1.82, 2.24) is 19.7 Å². The van der Waals surface area contributed by atoms with Crippen LogP contribution in [-0.2, 0) is 11.2 Å². The van der Waals surface area contributed by atoms with Gasteiger partial charge in [-0.1, -0.05) is 29.8 Å². The van der Waals surface area contributed by atoms with Gasteiger partial charge in [0.1, 0.15) is 11.6 Å². The van der Waals surface area contributed by atoms with Crippen LogP contribution in [0.3, 0.4) is 0 Å². The lowest BCUT2D eigenvalue weighted by Crippen LogP contribution is -2.39. The van der Waals surface area contributed by atoms with Crippen molar-refractivity contribution in [2.24, 2.45) is 0 Å². The number of methoxy groups -OCH3 is 1. The molecule has 0 radical (unpaired) electrons. The zero-order valence-corrected chi connectivity index (χ0v) is 17.3. The summed E-state index contributed by atoms with van der Waals surface area (Å²) in [4.78, 5) is 27.0. The lowest BCUT2D eigenvalue weighted by Gasteiger charge is -2.31. The van der Waals surface area contributed by atoms with Gasteiger partial charge >= 0.3 is 5.69 Å². The Morgan fingerprint density at radius 2 is 1.77 bits per heavy atom. The minimum absolute atomic E-state index is 0.122. The van der Waals surface area contributed by atoms with Gasteiger partial charge in [-0.25, -0.2) is 14.5 Å². The molecule has 0 spiro atoms. The summed E-state index contributed by atoms with van der Waals surface area (Å²) in [7, 11) is 1.63. The normalized spacial score (nSPS) is 14.7. The minimum Gasteiger partial charge on any atom is -0.497 e. The molecular formula is C23H26N4O3. The summed E-state index contributed by atoms with van der Waals surface area (Å²) in [5.74, 6) is 1.78. The quantitative estimate of drug-likeness (QED) is 0.707. The highest BCUT2D eigenvalue weighted by molar-refractivity contribution is 5.79. The summed E-state index contributed by atoms with van der Waals surface area (Å²) in [5.41, 5.74) is 2.70. The number of hydrogen-bond donors (Lipinski definition) is 1. The van der Waals surface area contributed by atoms with E-state index in [4.69, 9.17) is 4.74 Å². The predicted octanol–water partition coefficient (Wildman–Crippen LogP) is 2.83. The van der Waals surface area contributed by atoms with Crippen LogP contribution in [0.4, 0.5) is 0 Å². The van der Waals surface area contributed by atoms with E-state index in [1.807, 2.05) is 60.4 Å². The molecule has 7 heteroatoms. The van der Waals surface area contributed by atoms with Crippen LogP contribution in [0.15, 0.2) is 53.3 Å². The van der Waals surface area contributed by atoms with Crippen molar-refractivity contribution in [2.45, 2.75) is 32.1 Å². The second kappa shape index (κ2) is 8.57. The van der Waals surface area contributed by atoms with Gasteiger partial charge in [0.05, 0.1) is 19.2 Å². The van der Waals surface area contributed by atoms with Gasteiger partial charge < -0.3 is 9.64 Å². The number of benzene rings is 2. The summed E-state index contributed by atoms with van der Waals surface area (Å²) in [6.07, 6.45) is 1.94. The minimum atomic E-state index is -0.230. The first-order valence-corrected chi connectivity index (χ1v) is 10.2. The molecule has 0 atom stereocenters. The molecule has 1 saturated heterocycles. The molecule has 4 rings (SSSR count). The van der Waals surface area contributed by atoms with E-state index >= 15 is 0 Å². The van der Waals surface area contributed by atoms with Crippen molar-refractivity contribution in [3.8, 4) is 11.4 Å². The molecule has 1 aromatic heterocycles. The molecule has 156 valence electrons. The van der Waals surface area contributed by atoms with Crippen LogP contribution in [0, 0.1) is 6.92 Å². The van der Waals surface area contributed by atoms with Crippen LogP contribution in [0.5, 0.6) is 5.75 Å². The standard InChI is InChI=1S/C23H26N4O3/c1-16-3-7-19(8-4-16)27-22(24-25-23(27)29)18-11-13-26(14-12-18)21(28)15-17-5-9-20(30-2)10-6-17/h3-10,18H,11-15H2,1-2H3,(H,25,29). The Labute approximate surface area is 175 Å². The Kier molecular flexibility index (Phi) is 5.70. The molecule has 1 amide bonds. The number of aromatic amines is 1. The van der Waals surface area contributed by atoms with Gasteiger partial charge in [-0.15, -0.1) is 0 Å². The summed E-state index contributed by atoms with van der Waals surface area (Å²) in [5, 5.41) is 6.89. The van der Waals surface area contributed by atoms with E-state index in [0.717, 1.165) is 41.2 Å². The highest BCUT2D eigenvalue weighted by Crippen LogP contribution is 2.28. The number of rotatable bonds is 5. The van der Waals surface area contributed by atoms with Crippen LogP contribution in [-0.4, -0.2) is 45.8 Å². The highest BCUT2D eigenvalue weighted by atomic mass is 16.5. The number of amides is 1. The van der Waals surface area contributed by atoms with Crippen LogP contribution < -0.4 is 10.4 Å². The molecule has 0 saturated carbocycles. The van der Waals surface area contributed by atoms with Gasteiger partial charge in [-0.2, -0.15) is 5.10 Å². The number of aryl methyl sites for hydroxylation is 1. The number of likely N-dealkylation sites (tertiary alicyclic amines) is 1. The summed E-state index contributed by atoms with van der Waals surface area (Å²) in [6.45, 7) is 3.34. The molecule has 0 bridgehead atoms. The number of hydrogen-bond acceptors (Lipinski definition) is 4. The smallest absolute Gasteiger partial charge is 0.347 e. The third kappa shape index (κ3) is 4.15. The fourth-order valence-electron chi connectivity index (χ4n) is 3.94. The molecule has 1 N–H and O–H groups in total. The lowest BCUT2D eigenvalue weighted by atomic mass is 9.95. The average Bonchev–Trinajstić information content (AvgIpc) is 3.16. The number of nitrogens with one attached hydrogen (secondary N) is 1. The Morgan fingerprint density at radius 1 is 1.10 bits per heavy atom. The summed E-state index contributed by atoms with van der Waals surface area (Å²) in [6, 6.07) is 15.4. The molecule has 2 heterocycles. The third-order valence-corrected chi connectivity index (χ3v) is 5.72. The average molecular weight is 406 g/mol. The maximum Gasteiger partial charge on any atom is 0.347 e. The van der Waals surface area contributed by atoms with Crippen molar-refractivity contribution in [1.29, 1.82) is 0 Å². The van der Waals surface area contributed by atoms with E-state index in [-0.39, 0.29) is 17.5 Å². The van der Waals surface area contributed by atoms with Crippen LogP contribution in [0.2, 0.25) is 0 Å². The molecule has 1 aliphatic heterocycles. The Bertz CT molecular complexity index is 1060. The second-order valence-electron chi connectivity index (χ2n) is 7.74. The SMILES string of the molecule is COc1ccc(CC(=O)N2CCC(c3n[nH]c(=O)n3-c3ccc(C)cc3)CC2)cc1. The zero-order chi connectivity index (χ0) is 21.1. The molecule has 0 aliphatic carbocycles. The maximum atomic E-state index is 12.7. The Balaban J connectivity index is 1.42. The first kappa shape index (κ1) is 19.9. The molecule has 7 nitrogen and oxygen atoms in total. The van der Waals surface area contributed by atoms with Crippen LogP contribution in [0.1, 0.15) is 35.7 Å². The number of carbonyl (C=O) groups is 1. The van der Waals surface area contributed by atoms with Crippen molar-refractivity contribution in [3.05, 3.63) is 76.0 Å². The van der Waals surface area contributed by atoms with Crippen LogP contribution in [0.25, 0.3) is 5.69 Å². The second-order valence-corrected chi connectivity index (χ2v) is 7.74. The molecule has 2 aromatic carbocycles. The van der Waals surface area contributed by atoms with Crippen molar-refractivity contribution in [3.63, 3.8) is 0 Å². The number of ether oxygens (including phenoxy) is 1. The number of piperidine rings is 1. The first-order valence-electron chi connectivity index (χ1n) is 10.2. The van der Waals surface area contributed by atoms with Crippen molar-refractivity contribution < 1.29 is 9.53 Å². The largest absolute Gasteiger partial charge is 0.497 e. The van der Waals surface area contributed by atoms with Crippen LogP contribution >= 0.6 is 0 Å². The van der Waals surface area contributed by atoms with Gasteiger partial charge in [0.15, 0.2) is 0 Å². The fourth-order valence-corrected chi connectivity index (χ4v) is 3.94. The van der Waals surface area contributed by atoms with Gasteiger partial charge in [-0.3, -0.25) is 4.79 Å². The Morgan fingerprint density at radius 3 is 2.40 bits per heavy atom. The van der Waals surface area contributed by atoms with Crippen molar-refractivity contribution >= 4 is 5.91 Å². The Hall–Kier alpha value is -3.35. The topological polar surface area (TPSA) is 80.2 Å². The molecule has 1 aliphatic rings. The van der Waals surface area contributed by atoms with Gasteiger partial charge in [-0.05, 0) is 49.6 Å². The molecule has 30 heavy (non-hydrogen) atoms. The number of aromatic nitrogens is 3. The number of carbonyl (C=O) groups excluding carboxylic acids is 1. The van der Waals surface area contributed by atoms with E-state index in [9.17, 15) is 9.59 Å². The monoisotopic (exact) mass is 406 g/mol. The zero-order valence-electron chi connectivity index (χ0n) is 17.3. The van der Waals surface area contributed by atoms with Gasteiger partial charge in [0, 0.05) is 19.0 Å². The van der Waals surface area contributed by atoms with E-state index in [0.29, 0.717) is 19.5 Å². The van der Waals surface area contributed by atoms with E-state index in [2.05, 4.69) is 10.2 Å². The van der Waals surface area contributed by atoms with Gasteiger partial charge in [0.25, 0.3) is 0 Å².